The largest absolute Gasteiger partial charge is 0.361 e. The molecular formula is C15H16BrN3O3. The van der Waals surface area contributed by atoms with Crippen LogP contribution in [0.5, 0.6) is 0 Å². The molecule has 1 aromatic carbocycles. The van der Waals surface area contributed by atoms with Gasteiger partial charge in [-0.15, -0.1) is 0 Å². The van der Waals surface area contributed by atoms with E-state index in [2.05, 4.69) is 31.7 Å². The van der Waals surface area contributed by atoms with Gasteiger partial charge in [-0.05, 0) is 41.4 Å². The predicted octanol–water partition coefficient (Wildman–Crippen LogP) is 2.68. The first-order valence-electron chi connectivity index (χ1n) is 6.80. The molecule has 1 heterocycles. The Morgan fingerprint density at radius 1 is 1.32 bits per heavy atom. The van der Waals surface area contributed by atoms with E-state index in [1.807, 2.05) is 25.1 Å². The maximum Gasteiger partial charge on any atom is 0.257 e. The number of amides is 2. The molecule has 0 bridgehead atoms. The highest BCUT2D eigenvalue weighted by Gasteiger charge is 2.19. The zero-order valence-corrected chi connectivity index (χ0v) is 13.9. The van der Waals surface area contributed by atoms with Crippen molar-refractivity contribution in [2.75, 3.05) is 11.9 Å². The van der Waals surface area contributed by atoms with Crippen molar-refractivity contribution in [2.24, 2.45) is 0 Å². The van der Waals surface area contributed by atoms with Gasteiger partial charge in [-0.3, -0.25) is 9.59 Å². The fraction of sp³-hybridized carbons (Fsp3) is 0.267. The number of benzene rings is 1. The summed E-state index contributed by atoms with van der Waals surface area (Å²) in [6.07, 6.45) is 0.587. The highest BCUT2D eigenvalue weighted by Crippen LogP contribution is 2.20. The first-order valence-corrected chi connectivity index (χ1v) is 7.60. The van der Waals surface area contributed by atoms with Gasteiger partial charge in [0.2, 0.25) is 5.91 Å². The first kappa shape index (κ1) is 16.2. The number of halogens is 1. The van der Waals surface area contributed by atoms with Crippen LogP contribution in [-0.4, -0.2) is 23.5 Å². The molecule has 0 saturated heterocycles. The summed E-state index contributed by atoms with van der Waals surface area (Å²) in [4.78, 5) is 24.0. The second-order valence-corrected chi connectivity index (χ2v) is 5.48. The fourth-order valence-corrected chi connectivity index (χ4v) is 2.34. The molecule has 7 heteroatoms. The van der Waals surface area contributed by atoms with Crippen LogP contribution in [0.25, 0.3) is 0 Å². The van der Waals surface area contributed by atoms with Crippen LogP contribution >= 0.6 is 15.9 Å². The Morgan fingerprint density at radius 2 is 2.05 bits per heavy atom. The number of para-hydroxylation sites is 1. The Kier molecular flexibility index (Phi) is 5.32. The minimum atomic E-state index is -0.363. The molecule has 0 spiro atoms. The third-order valence-electron chi connectivity index (χ3n) is 3.05. The Labute approximate surface area is 136 Å². The Bertz CT molecular complexity index is 697. The van der Waals surface area contributed by atoms with Crippen LogP contribution in [-0.2, 0) is 11.2 Å². The van der Waals surface area contributed by atoms with Crippen LogP contribution in [0.1, 0.15) is 28.7 Å². The zero-order valence-electron chi connectivity index (χ0n) is 12.3. The molecule has 2 rings (SSSR count). The highest BCUT2D eigenvalue weighted by atomic mass is 79.9. The maximum absolute atomic E-state index is 12.1. The van der Waals surface area contributed by atoms with E-state index < -0.39 is 0 Å². The van der Waals surface area contributed by atoms with E-state index in [9.17, 15) is 9.59 Å². The third-order valence-corrected chi connectivity index (χ3v) is 3.74. The van der Waals surface area contributed by atoms with E-state index in [-0.39, 0.29) is 18.4 Å². The third kappa shape index (κ3) is 3.73. The molecule has 6 nitrogen and oxygen atoms in total. The maximum atomic E-state index is 12.1. The molecule has 0 saturated carbocycles. The number of aromatic nitrogens is 1. The summed E-state index contributed by atoms with van der Waals surface area (Å²) in [5, 5.41) is 9.11. The highest BCUT2D eigenvalue weighted by molar-refractivity contribution is 9.10. The molecule has 22 heavy (non-hydrogen) atoms. The van der Waals surface area contributed by atoms with Gasteiger partial charge in [-0.1, -0.05) is 24.2 Å². The molecule has 1 aromatic heterocycles. The van der Waals surface area contributed by atoms with E-state index in [0.29, 0.717) is 29.1 Å². The second-order valence-electron chi connectivity index (χ2n) is 4.62. The summed E-state index contributed by atoms with van der Waals surface area (Å²) in [6, 6.07) is 7.25. The van der Waals surface area contributed by atoms with Crippen LogP contribution in [0.4, 0.5) is 5.69 Å². The lowest BCUT2D eigenvalue weighted by Gasteiger charge is -2.08. The molecule has 2 N–H and O–H groups in total. The van der Waals surface area contributed by atoms with Crippen molar-refractivity contribution in [3.05, 3.63) is 45.8 Å². The topological polar surface area (TPSA) is 84.2 Å². The van der Waals surface area contributed by atoms with Crippen molar-refractivity contribution >= 4 is 33.4 Å². The van der Waals surface area contributed by atoms with Crippen LogP contribution in [0, 0.1) is 6.92 Å². The van der Waals surface area contributed by atoms with Gasteiger partial charge in [0.25, 0.3) is 5.91 Å². The summed E-state index contributed by atoms with van der Waals surface area (Å²) < 4.78 is 5.78. The number of carbonyl (C=O) groups is 2. The molecule has 116 valence electrons. The average Bonchev–Trinajstić information content (AvgIpc) is 2.88. The lowest BCUT2D eigenvalue weighted by molar-refractivity contribution is -0.115. The fourth-order valence-electron chi connectivity index (χ4n) is 1.96. The monoisotopic (exact) mass is 365 g/mol. The normalized spacial score (nSPS) is 10.3. The number of nitrogens with one attached hydrogen (secondary N) is 2. The molecule has 0 unspecified atom stereocenters. The van der Waals surface area contributed by atoms with Gasteiger partial charge in [0.05, 0.1) is 17.9 Å². The summed E-state index contributed by atoms with van der Waals surface area (Å²) in [6.45, 7) is 3.42. The molecular weight excluding hydrogens is 350 g/mol. The van der Waals surface area contributed by atoms with Crippen molar-refractivity contribution in [2.45, 2.75) is 20.3 Å². The molecule has 0 aliphatic rings. The van der Waals surface area contributed by atoms with E-state index in [1.54, 1.807) is 13.0 Å². The Morgan fingerprint density at radius 3 is 2.73 bits per heavy atom. The average molecular weight is 366 g/mol. The minimum absolute atomic E-state index is 0.131. The van der Waals surface area contributed by atoms with E-state index in [0.717, 1.165) is 4.47 Å². The number of carbonyl (C=O) groups excluding carboxylic acids is 2. The summed E-state index contributed by atoms with van der Waals surface area (Å²) in [5.74, 6) is -0.231. The smallest absolute Gasteiger partial charge is 0.257 e. The number of nitrogens with zero attached hydrogens (tertiary/aromatic N) is 1. The number of rotatable bonds is 5. The van der Waals surface area contributed by atoms with E-state index in [4.69, 9.17) is 4.52 Å². The molecule has 0 atom stereocenters. The lowest BCUT2D eigenvalue weighted by Crippen LogP contribution is -2.33. The standard InChI is InChI=1S/C15H16BrN3O3/c1-3-11-14(9(2)22-19-11)15(21)17-8-13(20)18-12-7-5-4-6-10(12)16/h4-7H,3,8H2,1-2H3,(H,17,21)(H,18,20). The SMILES string of the molecule is CCc1noc(C)c1C(=O)NCC(=O)Nc1ccccc1Br. The van der Waals surface area contributed by atoms with Crippen LogP contribution < -0.4 is 10.6 Å². The van der Waals surface area contributed by atoms with E-state index >= 15 is 0 Å². The van der Waals surface area contributed by atoms with Gasteiger partial charge >= 0.3 is 0 Å². The first-order chi connectivity index (χ1) is 10.5. The molecule has 0 fully saturated rings. The van der Waals surface area contributed by atoms with Crippen molar-refractivity contribution in [1.82, 2.24) is 10.5 Å². The van der Waals surface area contributed by atoms with Gasteiger partial charge in [-0.2, -0.15) is 0 Å². The summed E-state index contributed by atoms with van der Waals surface area (Å²) in [7, 11) is 0. The predicted molar refractivity (Wildman–Crippen MR) is 85.7 cm³/mol. The molecule has 2 amide bonds. The van der Waals surface area contributed by atoms with E-state index in [1.165, 1.54) is 0 Å². The number of hydrogen-bond donors (Lipinski definition) is 2. The van der Waals surface area contributed by atoms with Gasteiger partial charge in [-0.25, -0.2) is 0 Å². The molecule has 0 aliphatic heterocycles. The molecule has 2 aromatic rings. The van der Waals surface area contributed by atoms with Gasteiger partial charge in [0.15, 0.2) is 0 Å². The van der Waals surface area contributed by atoms with Crippen LogP contribution in [0.3, 0.4) is 0 Å². The minimum Gasteiger partial charge on any atom is -0.361 e. The van der Waals surface area contributed by atoms with Crippen LogP contribution in [0.15, 0.2) is 33.3 Å². The summed E-state index contributed by atoms with van der Waals surface area (Å²) >= 11 is 3.34. The summed E-state index contributed by atoms with van der Waals surface area (Å²) in [5.41, 5.74) is 1.63. The van der Waals surface area contributed by atoms with Crippen molar-refractivity contribution in [3.63, 3.8) is 0 Å². The zero-order chi connectivity index (χ0) is 16.1. The van der Waals surface area contributed by atoms with Crippen molar-refractivity contribution < 1.29 is 14.1 Å². The van der Waals surface area contributed by atoms with Crippen molar-refractivity contribution in [3.8, 4) is 0 Å². The van der Waals surface area contributed by atoms with Gasteiger partial charge in [0.1, 0.15) is 11.3 Å². The van der Waals surface area contributed by atoms with Gasteiger partial charge in [0, 0.05) is 4.47 Å². The second kappa shape index (κ2) is 7.22. The quantitative estimate of drug-likeness (QED) is 0.852. The molecule has 0 radical (unpaired) electrons. The number of hydrogen-bond acceptors (Lipinski definition) is 4. The van der Waals surface area contributed by atoms with Gasteiger partial charge < -0.3 is 15.2 Å². The van der Waals surface area contributed by atoms with Crippen molar-refractivity contribution in [1.29, 1.82) is 0 Å². The molecule has 0 aliphatic carbocycles. The number of anilines is 1. The number of aryl methyl sites for hydroxylation is 2. The van der Waals surface area contributed by atoms with Crippen LogP contribution in [0.2, 0.25) is 0 Å². The lowest BCUT2D eigenvalue weighted by atomic mass is 10.1. The Hall–Kier alpha value is -2.15. The Balaban J connectivity index is 1.95.